The predicted octanol–water partition coefficient (Wildman–Crippen LogP) is 3.39. The molecule has 3 aromatic heterocycles. The minimum atomic E-state index is 0.574. The normalized spacial score (nSPS) is 10.8. The Morgan fingerprint density at radius 2 is 2.00 bits per heavy atom. The van der Waals surface area contributed by atoms with Gasteiger partial charge < -0.3 is 9.73 Å². The van der Waals surface area contributed by atoms with E-state index in [2.05, 4.69) is 25.3 Å². The van der Waals surface area contributed by atoms with E-state index < -0.39 is 0 Å². The van der Waals surface area contributed by atoms with Crippen molar-refractivity contribution in [2.75, 3.05) is 12.4 Å². The zero-order valence-corrected chi connectivity index (χ0v) is 12.4. The van der Waals surface area contributed by atoms with Crippen molar-refractivity contribution in [1.82, 2.24) is 19.9 Å². The highest BCUT2D eigenvalue weighted by Gasteiger charge is 2.11. The molecule has 0 amide bonds. The third kappa shape index (κ3) is 2.40. The Kier molecular flexibility index (Phi) is 3.20. The van der Waals surface area contributed by atoms with Crippen molar-refractivity contribution < 1.29 is 4.42 Å². The number of aromatic nitrogens is 4. The van der Waals surface area contributed by atoms with Gasteiger partial charge in [-0.05, 0) is 30.3 Å². The average Bonchev–Trinajstić information content (AvgIpc) is 3.15. The second kappa shape index (κ2) is 5.49. The molecule has 0 spiro atoms. The van der Waals surface area contributed by atoms with Gasteiger partial charge in [0.2, 0.25) is 5.89 Å². The van der Waals surface area contributed by atoms with E-state index in [-0.39, 0.29) is 0 Å². The molecule has 23 heavy (non-hydrogen) atoms. The van der Waals surface area contributed by atoms with Crippen LogP contribution in [0.3, 0.4) is 0 Å². The van der Waals surface area contributed by atoms with Crippen molar-refractivity contribution in [1.29, 1.82) is 0 Å². The van der Waals surface area contributed by atoms with Gasteiger partial charge in [-0.1, -0.05) is 0 Å². The van der Waals surface area contributed by atoms with Crippen LogP contribution in [0.15, 0.2) is 59.6 Å². The number of rotatable bonds is 3. The van der Waals surface area contributed by atoms with Crippen molar-refractivity contribution >= 4 is 16.7 Å². The fourth-order valence-electron chi connectivity index (χ4n) is 2.44. The smallest absolute Gasteiger partial charge is 0.225 e. The highest BCUT2D eigenvalue weighted by atomic mass is 16.3. The van der Waals surface area contributed by atoms with Crippen LogP contribution in [-0.4, -0.2) is 27.0 Å². The number of fused-ring (bicyclic) bond motifs is 1. The van der Waals surface area contributed by atoms with Crippen molar-refractivity contribution in [3.63, 3.8) is 0 Å². The van der Waals surface area contributed by atoms with Gasteiger partial charge in [-0.15, -0.1) is 0 Å². The molecule has 0 bridgehead atoms. The Bertz CT molecular complexity index is 952. The molecular weight excluding hydrogens is 290 g/mol. The van der Waals surface area contributed by atoms with Crippen LogP contribution in [0.1, 0.15) is 0 Å². The van der Waals surface area contributed by atoms with Crippen LogP contribution in [-0.2, 0) is 0 Å². The van der Waals surface area contributed by atoms with E-state index in [0.717, 1.165) is 27.8 Å². The quantitative estimate of drug-likeness (QED) is 0.625. The van der Waals surface area contributed by atoms with E-state index in [1.54, 1.807) is 24.9 Å². The molecule has 0 unspecified atom stereocenters. The summed E-state index contributed by atoms with van der Waals surface area (Å²) in [7, 11) is 1.84. The maximum absolute atomic E-state index is 5.35. The molecule has 0 aliphatic heterocycles. The second-order valence-electron chi connectivity index (χ2n) is 4.96. The van der Waals surface area contributed by atoms with Gasteiger partial charge in [-0.2, -0.15) is 0 Å². The van der Waals surface area contributed by atoms with Gasteiger partial charge in [0.15, 0.2) is 5.82 Å². The Labute approximate surface area is 132 Å². The minimum absolute atomic E-state index is 0.574. The van der Waals surface area contributed by atoms with Gasteiger partial charge in [0.25, 0.3) is 0 Å². The lowest BCUT2D eigenvalue weighted by Crippen LogP contribution is -1.99. The highest BCUT2D eigenvalue weighted by Crippen LogP contribution is 2.28. The molecule has 6 heteroatoms. The molecule has 0 atom stereocenters. The van der Waals surface area contributed by atoms with Crippen LogP contribution in [0.25, 0.3) is 33.7 Å². The van der Waals surface area contributed by atoms with Gasteiger partial charge in [0.1, 0.15) is 12.1 Å². The van der Waals surface area contributed by atoms with Crippen LogP contribution in [0.4, 0.5) is 5.82 Å². The van der Waals surface area contributed by atoms with E-state index in [1.165, 1.54) is 0 Å². The molecule has 3 heterocycles. The SMILES string of the molecule is CNc1nc(-c2cccnc2)nc2ccc(-c3ncco3)cc12. The summed E-state index contributed by atoms with van der Waals surface area (Å²) >= 11 is 0. The topological polar surface area (TPSA) is 76.7 Å². The molecule has 0 saturated carbocycles. The zero-order chi connectivity index (χ0) is 15.6. The molecule has 0 aliphatic rings. The summed E-state index contributed by atoms with van der Waals surface area (Å²) in [6.07, 6.45) is 6.66. The fourth-order valence-corrected chi connectivity index (χ4v) is 2.44. The number of hydrogen-bond donors (Lipinski definition) is 1. The van der Waals surface area contributed by atoms with Crippen LogP contribution < -0.4 is 5.32 Å². The standard InChI is InChI=1S/C17H13N5O/c1-18-16-13-9-11(17-20-7-8-23-17)4-5-14(13)21-15(22-16)12-3-2-6-19-10-12/h2-10H,1H3,(H,18,21,22). The number of nitrogens with zero attached hydrogens (tertiary/aromatic N) is 4. The van der Waals surface area contributed by atoms with Gasteiger partial charge in [-0.3, -0.25) is 4.98 Å². The maximum atomic E-state index is 5.35. The summed E-state index contributed by atoms with van der Waals surface area (Å²) < 4.78 is 5.35. The summed E-state index contributed by atoms with van der Waals surface area (Å²) in [5.74, 6) is 1.96. The first-order valence-electron chi connectivity index (χ1n) is 7.15. The summed E-state index contributed by atoms with van der Waals surface area (Å²) in [4.78, 5) is 17.5. The van der Waals surface area contributed by atoms with E-state index in [1.807, 2.05) is 37.4 Å². The lowest BCUT2D eigenvalue weighted by molar-refractivity contribution is 0.574. The fraction of sp³-hybridized carbons (Fsp3) is 0.0588. The van der Waals surface area contributed by atoms with Crippen LogP contribution >= 0.6 is 0 Å². The van der Waals surface area contributed by atoms with Gasteiger partial charge in [-0.25, -0.2) is 15.0 Å². The van der Waals surface area contributed by atoms with Crippen molar-refractivity contribution in [2.45, 2.75) is 0 Å². The number of benzene rings is 1. The molecule has 112 valence electrons. The van der Waals surface area contributed by atoms with Crippen LogP contribution in [0.5, 0.6) is 0 Å². The zero-order valence-electron chi connectivity index (χ0n) is 12.4. The molecule has 0 fully saturated rings. The lowest BCUT2D eigenvalue weighted by atomic mass is 10.1. The molecule has 6 nitrogen and oxygen atoms in total. The number of nitrogens with one attached hydrogen (secondary N) is 1. The molecule has 0 aliphatic carbocycles. The molecular formula is C17H13N5O. The van der Waals surface area contributed by atoms with E-state index in [0.29, 0.717) is 11.7 Å². The van der Waals surface area contributed by atoms with E-state index in [9.17, 15) is 0 Å². The van der Waals surface area contributed by atoms with Crippen molar-refractivity contribution in [3.8, 4) is 22.8 Å². The molecule has 4 rings (SSSR count). The maximum Gasteiger partial charge on any atom is 0.225 e. The molecule has 0 radical (unpaired) electrons. The highest BCUT2D eigenvalue weighted by molar-refractivity contribution is 5.93. The third-order valence-electron chi connectivity index (χ3n) is 3.53. The summed E-state index contributed by atoms with van der Waals surface area (Å²) in [5, 5.41) is 4.04. The first-order chi connectivity index (χ1) is 11.3. The number of anilines is 1. The summed E-state index contributed by atoms with van der Waals surface area (Å²) in [6, 6.07) is 9.66. The predicted molar refractivity (Wildman–Crippen MR) is 87.8 cm³/mol. The van der Waals surface area contributed by atoms with Crippen LogP contribution in [0.2, 0.25) is 0 Å². The van der Waals surface area contributed by atoms with Crippen LogP contribution in [0, 0.1) is 0 Å². The largest absolute Gasteiger partial charge is 0.445 e. The number of hydrogen-bond acceptors (Lipinski definition) is 6. The number of pyridine rings is 1. The molecule has 0 saturated heterocycles. The number of oxazole rings is 1. The van der Waals surface area contributed by atoms with Gasteiger partial charge in [0.05, 0.1) is 11.7 Å². The van der Waals surface area contributed by atoms with Crippen molar-refractivity contribution in [2.24, 2.45) is 0 Å². The van der Waals surface area contributed by atoms with E-state index >= 15 is 0 Å². The summed E-state index contributed by atoms with van der Waals surface area (Å²) in [6.45, 7) is 0. The van der Waals surface area contributed by atoms with Gasteiger partial charge in [0, 0.05) is 36.0 Å². The Morgan fingerprint density at radius 3 is 2.74 bits per heavy atom. The van der Waals surface area contributed by atoms with Gasteiger partial charge >= 0.3 is 0 Å². The Balaban J connectivity index is 1.91. The first kappa shape index (κ1) is 13.4. The minimum Gasteiger partial charge on any atom is -0.445 e. The van der Waals surface area contributed by atoms with E-state index in [4.69, 9.17) is 4.42 Å². The third-order valence-corrected chi connectivity index (χ3v) is 3.53. The molecule has 1 N–H and O–H groups in total. The Hall–Kier alpha value is -3.28. The lowest BCUT2D eigenvalue weighted by Gasteiger charge is -2.09. The second-order valence-corrected chi connectivity index (χ2v) is 4.96. The summed E-state index contributed by atoms with van der Waals surface area (Å²) in [5.41, 5.74) is 2.61. The van der Waals surface area contributed by atoms with Crippen molar-refractivity contribution in [3.05, 3.63) is 55.2 Å². The average molecular weight is 303 g/mol. The molecule has 4 aromatic rings. The first-order valence-corrected chi connectivity index (χ1v) is 7.15. The molecule has 1 aromatic carbocycles. The Morgan fingerprint density at radius 1 is 1.04 bits per heavy atom. The monoisotopic (exact) mass is 303 g/mol.